The highest BCUT2D eigenvalue weighted by molar-refractivity contribution is 7.89. The molecule has 1 fully saturated rings. The Morgan fingerprint density at radius 3 is 2.58 bits per heavy atom. The van der Waals surface area contributed by atoms with Crippen LogP contribution in [-0.4, -0.2) is 15.0 Å². The number of hydrogen-bond acceptors (Lipinski definition) is 3. The van der Waals surface area contributed by atoms with Crippen LogP contribution in [0.5, 0.6) is 0 Å². The van der Waals surface area contributed by atoms with Gasteiger partial charge in [0.15, 0.2) is 0 Å². The van der Waals surface area contributed by atoms with Crippen LogP contribution in [0.2, 0.25) is 0 Å². The molecule has 1 aliphatic rings. The second-order valence-electron chi connectivity index (χ2n) is 5.49. The maximum absolute atomic E-state index is 13.3. The lowest BCUT2D eigenvalue weighted by molar-refractivity contribution is 0.357. The third-order valence-electron chi connectivity index (χ3n) is 4.03. The molecule has 0 aliphatic heterocycles. The zero-order chi connectivity index (χ0) is 14.3. The molecular formula is C13H19FN2O2S. The van der Waals surface area contributed by atoms with E-state index in [1.807, 2.05) is 0 Å². The number of benzene rings is 1. The fraction of sp³-hybridized carbons (Fsp3) is 0.538. The van der Waals surface area contributed by atoms with E-state index in [0.29, 0.717) is 12.5 Å². The molecule has 1 saturated carbocycles. The van der Waals surface area contributed by atoms with E-state index in [9.17, 15) is 12.8 Å². The predicted octanol–water partition coefficient (Wildman–Crippen LogP) is 2.12. The molecule has 0 aromatic heterocycles. The maximum atomic E-state index is 13.3. The number of nitrogens with one attached hydrogen (secondary N) is 1. The quantitative estimate of drug-likeness (QED) is 0.814. The number of sulfonamides is 1. The van der Waals surface area contributed by atoms with Gasteiger partial charge in [0.05, 0.1) is 5.69 Å². The molecule has 0 saturated heterocycles. The Morgan fingerprint density at radius 1 is 1.42 bits per heavy atom. The van der Waals surface area contributed by atoms with Gasteiger partial charge in [0.25, 0.3) is 0 Å². The molecule has 0 bridgehead atoms. The summed E-state index contributed by atoms with van der Waals surface area (Å²) in [6.45, 7) is 4.54. The predicted molar refractivity (Wildman–Crippen MR) is 72.5 cm³/mol. The monoisotopic (exact) mass is 286 g/mol. The molecular weight excluding hydrogens is 267 g/mol. The van der Waals surface area contributed by atoms with Crippen LogP contribution in [0.15, 0.2) is 23.1 Å². The van der Waals surface area contributed by atoms with Crippen molar-refractivity contribution < 1.29 is 12.8 Å². The van der Waals surface area contributed by atoms with Crippen LogP contribution in [0.4, 0.5) is 10.1 Å². The fourth-order valence-corrected chi connectivity index (χ4v) is 3.46. The Bertz CT molecular complexity index is 580. The summed E-state index contributed by atoms with van der Waals surface area (Å²) >= 11 is 0. The summed E-state index contributed by atoms with van der Waals surface area (Å²) in [5.74, 6) is -0.298. The van der Waals surface area contributed by atoms with Crippen molar-refractivity contribution in [1.29, 1.82) is 0 Å². The van der Waals surface area contributed by atoms with Gasteiger partial charge in [0, 0.05) is 6.54 Å². The van der Waals surface area contributed by atoms with E-state index in [-0.39, 0.29) is 16.0 Å². The highest BCUT2D eigenvalue weighted by Crippen LogP contribution is 2.51. The number of nitrogen functional groups attached to an aromatic ring is 1. The molecule has 1 aliphatic carbocycles. The lowest BCUT2D eigenvalue weighted by atomic mass is 9.93. The SMILES string of the molecule is CC(C)C1(CNS(=O)(=O)c2cccc(F)c2N)CC1. The molecule has 4 nitrogen and oxygen atoms in total. The molecule has 0 amide bonds. The summed E-state index contributed by atoms with van der Waals surface area (Å²) in [6, 6.07) is 3.80. The van der Waals surface area contributed by atoms with Crippen LogP contribution in [0, 0.1) is 17.2 Å². The van der Waals surface area contributed by atoms with Crippen molar-refractivity contribution >= 4 is 15.7 Å². The minimum absolute atomic E-state index is 0.0508. The molecule has 106 valence electrons. The van der Waals surface area contributed by atoms with Crippen LogP contribution in [0.3, 0.4) is 0 Å². The smallest absolute Gasteiger partial charge is 0.242 e. The number of nitrogens with two attached hydrogens (primary N) is 1. The van der Waals surface area contributed by atoms with E-state index in [1.165, 1.54) is 12.1 Å². The van der Waals surface area contributed by atoms with Crippen molar-refractivity contribution in [3.63, 3.8) is 0 Å². The molecule has 2 rings (SSSR count). The number of hydrogen-bond donors (Lipinski definition) is 2. The van der Waals surface area contributed by atoms with E-state index in [1.54, 1.807) is 0 Å². The van der Waals surface area contributed by atoms with E-state index in [2.05, 4.69) is 18.6 Å². The molecule has 0 unspecified atom stereocenters. The first-order valence-corrected chi connectivity index (χ1v) is 7.80. The summed E-state index contributed by atoms with van der Waals surface area (Å²) in [6.07, 6.45) is 2.04. The van der Waals surface area contributed by atoms with E-state index in [0.717, 1.165) is 18.9 Å². The number of anilines is 1. The highest BCUT2D eigenvalue weighted by Gasteiger charge is 2.45. The Hall–Kier alpha value is -1.14. The minimum atomic E-state index is -3.76. The topological polar surface area (TPSA) is 72.2 Å². The third kappa shape index (κ3) is 2.74. The summed E-state index contributed by atoms with van der Waals surface area (Å²) in [7, 11) is -3.76. The Morgan fingerprint density at radius 2 is 2.05 bits per heavy atom. The third-order valence-corrected chi connectivity index (χ3v) is 5.49. The minimum Gasteiger partial charge on any atom is -0.395 e. The lowest BCUT2D eigenvalue weighted by Crippen LogP contribution is -2.33. The summed E-state index contributed by atoms with van der Waals surface area (Å²) < 4.78 is 40.1. The second-order valence-corrected chi connectivity index (χ2v) is 7.23. The molecule has 3 N–H and O–H groups in total. The Balaban J connectivity index is 2.17. The van der Waals surface area contributed by atoms with Crippen LogP contribution in [0.25, 0.3) is 0 Å². The van der Waals surface area contributed by atoms with Gasteiger partial charge in [0.2, 0.25) is 10.0 Å². The first-order chi connectivity index (χ1) is 8.78. The standard InChI is InChI=1S/C13H19FN2O2S/c1-9(2)13(6-7-13)8-16-19(17,18)11-5-3-4-10(14)12(11)15/h3-5,9,16H,6-8,15H2,1-2H3. The zero-order valence-corrected chi connectivity index (χ0v) is 11.9. The fourth-order valence-electron chi connectivity index (χ4n) is 2.19. The van der Waals surface area contributed by atoms with Crippen molar-refractivity contribution in [2.45, 2.75) is 31.6 Å². The molecule has 1 aromatic rings. The largest absolute Gasteiger partial charge is 0.395 e. The first kappa shape index (κ1) is 14.3. The van der Waals surface area contributed by atoms with Crippen molar-refractivity contribution in [3.8, 4) is 0 Å². The van der Waals surface area contributed by atoms with Crippen molar-refractivity contribution in [2.24, 2.45) is 11.3 Å². The van der Waals surface area contributed by atoms with Crippen LogP contribution < -0.4 is 10.5 Å². The van der Waals surface area contributed by atoms with Crippen LogP contribution in [-0.2, 0) is 10.0 Å². The van der Waals surface area contributed by atoms with Gasteiger partial charge in [-0.15, -0.1) is 0 Å². The van der Waals surface area contributed by atoms with Crippen molar-refractivity contribution in [2.75, 3.05) is 12.3 Å². The van der Waals surface area contributed by atoms with Gasteiger partial charge < -0.3 is 5.73 Å². The summed E-state index contributed by atoms with van der Waals surface area (Å²) in [5.41, 5.74) is 5.21. The van der Waals surface area contributed by atoms with Gasteiger partial charge in [-0.3, -0.25) is 0 Å². The molecule has 0 atom stereocenters. The lowest BCUT2D eigenvalue weighted by Gasteiger charge is -2.20. The molecule has 0 radical (unpaired) electrons. The van der Waals surface area contributed by atoms with Crippen molar-refractivity contribution in [3.05, 3.63) is 24.0 Å². The summed E-state index contributed by atoms with van der Waals surface area (Å²) in [5, 5.41) is 0. The molecule has 0 heterocycles. The average molecular weight is 286 g/mol. The van der Waals surface area contributed by atoms with Gasteiger partial charge in [-0.25, -0.2) is 17.5 Å². The highest BCUT2D eigenvalue weighted by atomic mass is 32.2. The Kier molecular flexibility index (Phi) is 3.57. The summed E-state index contributed by atoms with van der Waals surface area (Å²) in [4.78, 5) is -0.188. The molecule has 0 spiro atoms. The van der Waals surface area contributed by atoms with Crippen LogP contribution in [0.1, 0.15) is 26.7 Å². The van der Waals surface area contributed by atoms with Gasteiger partial charge in [-0.2, -0.15) is 0 Å². The van der Waals surface area contributed by atoms with Gasteiger partial charge in [-0.1, -0.05) is 19.9 Å². The van der Waals surface area contributed by atoms with E-state index in [4.69, 9.17) is 5.73 Å². The van der Waals surface area contributed by atoms with Crippen LogP contribution >= 0.6 is 0 Å². The Labute approximate surface area is 113 Å². The van der Waals surface area contributed by atoms with Gasteiger partial charge >= 0.3 is 0 Å². The van der Waals surface area contributed by atoms with Gasteiger partial charge in [-0.05, 0) is 36.3 Å². The normalized spacial score (nSPS) is 17.7. The number of halogens is 1. The van der Waals surface area contributed by atoms with Gasteiger partial charge in [0.1, 0.15) is 10.7 Å². The first-order valence-electron chi connectivity index (χ1n) is 6.32. The average Bonchev–Trinajstić information content (AvgIpc) is 3.11. The van der Waals surface area contributed by atoms with E-state index >= 15 is 0 Å². The number of rotatable bonds is 5. The molecule has 19 heavy (non-hydrogen) atoms. The van der Waals surface area contributed by atoms with Crippen molar-refractivity contribution in [1.82, 2.24) is 4.72 Å². The maximum Gasteiger partial charge on any atom is 0.242 e. The zero-order valence-electron chi connectivity index (χ0n) is 11.1. The second kappa shape index (κ2) is 4.76. The number of para-hydroxylation sites is 1. The van der Waals surface area contributed by atoms with E-state index < -0.39 is 15.8 Å². The molecule has 1 aromatic carbocycles. The molecule has 6 heteroatoms.